The van der Waals surface area contributed by atoms with Crippen LogP contribution in [-0.4, -0.2) is 64.1 Å². The van der Waals surface area contributed by atoms with Gasteiger partial charge in [0.25, 0.3) is 11.8 Å². The molecule has 0 atom stereocenters. The molecule has 3 aromatic rings. The molecule has 196 valence electrons. The van der Waals surface area contributed by atoms with E-state index in [0.717, 1.165) is 37.6 Å². The second-order valence-electron chi connectivity index (χ2n) is 9.46. The number of nitrogens with zero attached hydrogens (tertiary/aromatic N) is 3. The topological polar surface area (TPSA) is 78.5 Å². The van der Waals surface area contributed by atoms with Gasteiger partial charge in [0, 0.05) is 42.7 Å². The number of fused-ring (bicyclic) bond motifs is 1. The lowest BCUT2D eigenvalue weighted by atomic mass is 9.87. The van der Waals surface area contributed by atoms with Crippen LogP contribution in [-0.2, 0) is 0 Å². The molecule has 1 N–H and O–H groups in total. The Bertz CT molecular complexity index is 1290. The zero-order valence-electron chi connectivity index (χ0n) is 20.0. The fourth-order valence-corrected chi connectivity index (χ4v) is 5.22. The molecule has 2 saturated heterocycles. The molecule has 4 heterocycles. The molecule has 7 nitrogen and oxygen atoms in total. The van der Waals surface area contributed by atoms with E-state index >= 15 is 4.39 Å². The number of pyridine rings is 1. The van der Waals surface area contributed by atoms with Gasteiger partial charge in [-0.15, -0.1) is 13.2 Å². The Morgan fingerprint density at radius 2 is 1.59 bits per heavy atom. The van der Waals surface area contributed by atoms with E-state index in [1.165, 1.54) is 12.1 Å². The van der Waals surface area contributed by atoms with Gasteiger partial charge in [0.2, 0.25) is 0 Å². The number of aromatic amines is 1. The van der Waals surface area contributed by atoms with E-state index in [-0.39, 0.29) is 23.3 Å². The fraction of sp³-hybridized carbons (Fsp3) is 0.423. The van der Waals surface area contributed by atoms with E-state index in [2.05, 4.69) is 14.7 Å². The third-order valence-corrected chi connectivity index (χ3v) is 7.05. The molecule has 2 aliphatic rings. The van der Waals surface area contributed by atoms with Gasteiger partial charge >= 0.3 is 6.36 Å². The van der Waals surface area contributed by atoms with Crippen molar-refractivity contribution in [1.29, 1.82) is 0 Å². The molecule has 5 rings (SSSR count). The zero-order chi connectivity index (χ0) is 26.2. The van der Waals surface area contributed by atoms with Crippen LogP contribution in [0.5, 0.6) is 5.75 Å². The number of ether oxygens (including phenoxy) is 1. The number of aromatic nitrogens is 2. The van der Waals surface area contributed by atoms with Crippen LogP contribution in [0.1, 0.15) is 64.4 Å². The van der Waals surface area contributed by atoms with Gasteiger partial charge in [0.1, 0.15) is 22.9 Å². The Morgan fingerprint density at radius 3 is 2.24 bits per heavy atom. The number of alkyl halides is 3. The highest BCUT2D eigenvalue weighted by atomic mass is 19.4. The number of amides is 2. The molecule has 0 bridgehead atoms. The smallest absolute Gasteiger partial charge is 0.406 e. The molecular formula is C26H26F4N4O3. The van der Waals surface area contributed by atoms with Crippen LogP contribution >= 0.6 is 0 Å². The molecule has 0 aliphatic carbocycles. The minimum Gasteiger partial charge on any atom is -0.406 e. The highest BCUT2D eigenvalue weighted by Gasteiger charge is 2.32. The van der Waals surface area contributed by atoms with E-state index in [9.17, 15) is 22.8 Å². The molecular weight excluding hydrogens is 492 g/mol. The number of H-pyrrole nitrogens is 1. The second-order valence-corrected chi connectivity index (χ2v) is 9.46. The van der Waals surface area contributed by atoms with Crippen LogP contribution in [0.2, 0.25) is 0 Å². The Morgan fingerprint density at radius 1 is 0.946 bits per heavy atom. The number of nitrogens with one attached hydrogen (secondary N) is 1. The molecule has 2 aliphatic heterocycles. The van der Waals surface area contributed by atoms with Crippen LogP contribution in [0.3, 0.4) is 0 Å². The summed E-state index contributed by atoms with van der Waals surface area (Å²) in [5.41, 5.74) is 1.58. The minimum absolute atomic E-state index is 0.115. The van der Waals surface area contributed by atoms with Crippen molar-refractivity contribution in [3.8, 4) is 5.75 Å². The Labute approximate surface area is 210 Å². The molecule has 2 amide bonds. The van der Waals surface area contributed by atoms with Crippen LogP contribution in [0, 0.1) is 5.82 Å². The Kier molecular flexibility index (Phi) is 6.78. The predicted octanol–water partition coefficient (Wildman–Crippen LogP) is 5.25. The molecule has 0 saturated carbocycles. The third-order valence-electron chi connectivity index (χ3n) is 7.05. The lowest BCUT2D eigenvalue weighted by Crippen LogP contribution is -2.38. The molecule has 1 aromatic carbocycles. The summed E-state index contributed by atoms with van der Waals surface area (Å²) in [5.74, 6) is -1.45. The zero-order valence-corrected chi connectivity index (χ0v) is 20.0. The summed E-state index contributed by atoms with van der Waals surface area (Å²) in [5, 5.41) is 0.574. The molecule has 2 aromatic heterocycles. The number of piperidine rings is 2. The summed E-state index contributed by atoms with van der Waals surface area (Å²) in [6.45, 7) is 2.12. The van der Waals surface area contributed by atoms with Crippen molar-refractivity contribution < 1.29 is 31.9 Å². The first kappa shape index (κ1) is 25.0. The average Bonchev–Trinajstić information content (AvgIpc) is 3.32. The van der Waals surface area contributed by atoms with Gasteiger partial charge in [-0.2, -0.15) is 0 Å². The highest BCUT2D eigenvalue weighted by Crippen LogP contribution is 2.35. The quantitative estimate of drug-likeness (QED) is 0.479. The van der Waals surface area contributed by atoms with Crippen molar-refractivity contribution in [2.45, 2.75) is 44.4 Å². The van der Waals surface area contributed by atoms with E-state index in [1.807, 2.05) is 0 Å². The molecule has 0 spiro atoms. The van der Waals surface area contributed by atoms with Crippen molar-refractivity contribution >= 4 is 22.8 Å². The first-order valence-electron chi connectivity index (χ1n) is 12.3. The number of carbonyl (C=O) groups excluding carboxylic acids is 2. The number of hydrogen-bond acceptors (Lipinski definition) is 4. The fourth-order valence-electron chi connectivity index (χ4n) is 5.22. The first-order valence-corrected chi connectivity index (χ1v) is 12.3. The van der Waals surface area contributed by atoms with Crippen molar-refractivity contribution in [3.63, 3.8) is 0 Å². The molecule has 11 heteroatoms. The summed E-state index contributed by atoms with van der Waals surface area (Å²) in [6.07, 6.45) is 0.384. The summed E-state index contributed by atoms with van der Waals surface area (Å²) in [6, 6.07) is 6.47. The van der Waals surface area contributed by atoms with E-state index in [1.54, 1.807) is 15.9 Å². The Hall–Kier alpha value is -3.63. The number of carbonyl (C=O) groups is 2. The van der Waals surface area contributed by atoms with Crippen LogP contribution in [0.25, 0.3) is 11.0 Å². The standard InChI is InChI=1S/C26H26F4N4O3/c27-20-15-31-23-19(14-21(32-23)25(36)33-10-2-1-3-11-33)22(20)16-8-12-34(13-9-16)24(35)17-4-6-18(7-5-17)37-26(28,29)30/h4-7,14-16H,1-3,8-13H2,(H,31,32). The monoisotopic (exact) mass is 518 g/mol. The molecule has 2 fully saturated rings. The van der Waals surface area contributed by atoms with Crippen molar-refractivity contribution in [2.75, 3.05) is 26.2 Å². The van der Waals surface area contributed by atoms with Gasteiger partial charge in [-0.05, 0) is 68.4 Å². The molecule has 37 heavy (non-hydrogen) atoms. The third kappa shape index (κ3) is 5.40. The summed E-state index contributed by atoms with van der Waals surface area (Å²) in [4.78, 5) is 36.4. The normalized spacial score (nSPS) is 17.3. The highest BCUT2D eigenvalue weighted by molar-refractivity contribution is 5.98. The van der Waals surface area contributed by atoms with E-state index < -0.39 is 17.9 Å². The SMILES string of the molecule is O=C(c1ccc(OC(F)(F)F)cc1)N1CCC(c2c(F)cnc3[nH]c(C(=O)N4CCCCC4)cc23)CC1. The van der Waals surface area contributed by atoms with Gasteiger partial charge in [-0.1, -0.05) is 0 Å². The van der Waals surface area contributed by atoms with Crippen molar-refractivity contribution in [2.24, 2.45) is 0 Å². The van der Waals surface area contributed by atoms with Crippen LogP contribution in [0.15, 0.2) is 36.5 Å². The van der Waals surface area contributed by atoms with Crippen LogP contribution < -0.4 is 4.74 Å². The van der Waals surface area contributed by atoms with Crippen molar-refractivity contribution in [1.82, 2.24) is 19.8 Å². The van der Waals surface area contributed by atoms with Crippen molar-refractivity contribution in [3.05, 3.63) is 59.2 Å². The first-order chi connectivity index (χ1) is 17.7. The Balaban J connectivity index is 1.28. The maximum atomic E-state index is 15.0. The van der Waals surface area contributed by atoms with Gasteiger partial charge in [0.15, 0.2) is 0 Å². The maximum absolute atomic E-state index is 15.0. The number of hydrogen-bond donors (Lipinski definition) is 1. The summed E-state index contributed by atoms with van der Waals surface area (Å²) in [7, 11) is 0. The summed E-state index contributed by atoms with van der Waals surface area (Å²) >= 11 is 0. The van der Waals surface area contributed by atoms with E-state index in [0.29, 0.717) is 61.3 Å². The van der Waals surface area contributed by atoms with Gasteiger partial charge in [0.05, 0.1) is 6.20 Å². The van der Waals surface area contributed by atoms with Gasteiger partial charge in [-0.25, -0.2) is 9.37 Å². The lowest BCUT2D eigenvalue weighted by molar-refractivity contribution is -0.274. The number of halogens is 4. The summed E-state index contributed by atoms with van der Waals surface area (Å²) < 4.78 is 56.0. The number of benzene rings is 1. The van der Waals surface area contributed by atoms with E-state index in [4.69, 9.17) is 0 Å². The number of likely N-dealkylation sites (tertiary alicyclic amines) is 2. The average molecular weight is 519 g/mol. The largest absolute Gasteiger partial charge is 0.573 e. The minimum atomic E-state index is -4.80. The van der Waals surface area contributed by atoms with Gasteiger partial charge < -0.3 is 19.5 Å². The second kappa shape index (κ2) is 10.0. The number of rotatable bonds is 4. The maximum Gasteiger partial charge on any atom is 0.573 e. The van der Waals surface area contributed by atoms with Gasteiger partial charge in [-0.3, -0.25) is 9.59 Å². The molecule has 0 radical (unpaired) electrons. The molecule has 0 unspecified atom stereocenters. The lowest BCUT2D eigenvalue weighted by Gasteiger charge is -2.32. The van der Waals surface area contributed by atoms with Crippen LogP contribution in [0.4, 0.5) is 17.6 Å². The predicted molar refractivity (Wildman–Crippen MR) is 127 cm³/mol.